The molecule has 0 unspecified atom stereocenters. The monoisotopic (exact) mass is 224 g/mol. The molecule has 0 amide bonds. The van der Waals surface area contributed by atoms with Gasteiger partial charge in [-0.05, 0) is 44.1 Å². The molecule has 3 nitrogen and oxygen atoms in total. The Morgan fingerprint density at radius 2 is 2.12 bits per heavy atom. The fourth-order valence-electron chi connectivity index (χ4n) is 2.10. The third-order valence-electron chi connectivity index (χ3n) is 3.10. The highest BCUT2D eigenvalue weighted by molar-refractivity contribution is 5.46. The van der Waals surface area contributed by atoms with E-state index in [9.17, 15) is 9.50 Å². The van der Waals surface area contributed by atoms with Crippen molar-refractivity contribution >= 4 is 5.69 Å². The first-order chi connectivity index (χ1) is 7.74. The summed E-state index contributed by atoms with van der Waals surface area (Å²) in [6, 6.07) is 6.37. The van der Waals surface area contributed by atoms with E-state index in [1.54, 1.807) is 6.07 Å². The van der Waals surface area contributed by atoms with E-state index in [0.717, 1.165) is 31.6 Å². The lowest BCUT2D eigenvalue weighted by Gasteiger charge is -2.37. The normalized spacial score (nSPS) is 19.4. The lowest BCUT2D eigenvalue weighted by Crippen LogP contribution is -2.50. The molecule has 88 valence electrons. The zero-order chi connectivity index (χ0) is 11.4. The second kappa shape index (κ2) is 4.80. The second-order valence-electron chi connectivity index (χ2n) is 4.32. The predicted octanol–water partition coefficient (Wildman–Crippen LogP) is 1.35. The van der Waals surface area contributed by atoms with E-state index < -0.39 is 0 Å². The van der Waals surface area contributed by atoms with Gasteiger partial charge in [0.05, 0.1) is 12.1 Å². The molecule has 0 aromatic heterocycles. The van der Waals surface area contributed by atoms with Crippen LogP contribution in [0.3, 0.4) is 0 Å². The number of piperidine rings is 1. The molecule has 3 N–H and O–H groups in total. The molecule has 2 rings (SSSR count). The SMILES string of the molecule is OCC1(Nc2cccc(F)c2)CCNCC1. The summed E-state index contributed by atoms with van der Waals surface area (Å²) in [5, 5.41) is 16.0. The van der Waals surface area contributed by atoms with Gasteiger partial charge in [-0.3, -0.25) is 0 Å². The molecule has 1 saturated heterocycles. The third kappa shape index (κ3) is 2.51. The largest absolute Gasteiger partial charge is 0.394 e. The fraction of sp³-hybridized carbons (Fsp3) is 0.500. The van der Waals surface area contributed by atoms with Crippen LogP contribution in [0.5, 0.6) is 0 Å². The Bertz CT molecular complexity index is 351. The van der Waals surface area contributed by atoms with Crippen molar-refractivity contribution in [3.8, 4) is 0 Å². The van der Waals surface area contributed by atoms with E-state index in [4.69, 9.17) is 0 Å². The molecule has 4 heteroatoms. The Kier molecular flexibility index (Phi) is 3.41. The van der Waals surface area contributed by atoms with Crippen LogP contribution in [0.4, 0.5) is 10.1 Å². The first-order valence-corrected chi connectivity index (χ1v) is 5.59. The predicted molar refractivity (Wildman–Crippen MR) is 61.9 cm³/mol. The summed E-state index contributed by atoms with van der Waals surface area (Å²) in [5.41, 5.74) is 0.426. The van der Waals surface area contributed by atoms with Crippen LogP contribution in [0.1, 0.15) is 12.8 Å². The average Bonchev–Trinajstić information content (AvgIpc) is 2.30. The first kappa shape index (κ1) is 11.4. The highest BCUT2D eigenvalue weighted by atomic mass is 19.1. The summed E-state index contributed by atoms with van der Waals surface area (Å²) >= 11 is 0. The number of anilines is 1. The summed E-state index contributed by atoms with van der Waals surface area (Å²) in [7, 11) is 0. The number of rotatable bonds is 3. The Hall–Kier alpha value is -1.13. The summed E-state index contributed by atoms with van der Waals surface area (Å²) in [6.07, 6.45) is 1.69. The van der Waals surface area contributed by atoms with Gasteiger partial charge in [-0.2, -0.15) is 0 Å². The van der Waals surface area contributed by atoms with E-state index in [1.807, 2.05) is 6.07 Å². The number of halogens is 1. The van der Waals surface area contributed by atoms with Gasteiger partial charge in [0.25, 0.3) is 0 Å². The molecule has 0 aliphatic carbocycles. The number of hydrogen-bond donors (Lipinski definition) is 3. The highest BCUT2D eigenvalue weighted by Crippen LogP contribution is 2.24. The van der Waals surface area contributed by atoms with Crippen LogP contribution >= 0.6 is 0 Å². The molecule has 0 atom stereocenters. The van der Waals surface area contributed by atoms with Crippen LogP contribution in [-0.4, -0.2) is 30.3 Å². The van der Waals surface area contributed by atoms with Crippen molar-refractivity contribution in [3.05, 3.63) is 30.1 Å². The van der Waals surface area contributed by atoms with Crippen molar-refractivity contribution in [2.45, 2.75) is 18.4 Å². The first-order valence-electron chi connectivity index (χ1n) is 5.59. The Balaban J connectivity index is 2.11. The molecule has 16 heavy (non-hydrogen) atoms. The van der Waals surface area contributed by atoms with Crippen molar-refractivity contribution in [3.63, 3.8) is 0 Å². The minimum absolute atomic E-state index is 0.0746. The van der Waals surface area contributed by atoms with Gasteiger partial charge in [0.15, 0.2) is 0 Å². The molecule has 0 saturated carbocycles. The lowest BCUT2D eigenvalue weighted by molar-refractivity contribution is 0.179. The number of hydrogen-bond acceptors (Lipinski definition) is 3. The minimum Gasteiger partial charge on any atom is -0.394 e. The van der Waals surface area contributed by atoms with E-state index >= 15 is 0 Å². The molecule has 1 aromatic rings. The second-order valence-corrected chi connectivity index (χ2v) is 4.32. The summed E-state index contributed by atoms with van der Waals surface area (Å²) < 4.78 is 13.0. The maximum absolute atomic E-state index is 13.0. The number of benzene rings is 1. The van der Waals surface area contributed by atoms with E-state index in [0.29, 0.717) is 0 Å². The van der Waals surface area contributed by atoms with Crippen molar-refractivity contribution < 1.29 is 9.50 Å². The zero-order valence-electron chi connectivity index (χ0n) is 9.17. The highest BCUT2D eigenvalue weighted by Gasteiger charge is 2.30. The van der Waals surface area contributed by atoms with Gasteiger partial charge < -0.3 is 15.7 Å². The Morgan fingerprint density at radius 1 is 1.38 bits per heavy atom. The van der Waals surface area contributed by atoms with Crippen molar-refractivity contribution in [1.82, 2.24) is 5.32 Å². The standard InChI is InChI=1S/C12H17FN2O/c13-10-2-1-3-11(8-10)15-12(9-16)4-6-14-7-5-12/h1-3,8,14-16H,4-7,9H2. The Labute approximate surface area is 94.7 Å². The molecule has 1 aliphatic heterocycles. The topological polar surface area (TPSA) is 44.3 Å². The number of nitrogens with one attached hydrogen (secondary N) is 2. The maximum atomic E-state index is 13.0. The van der Waals surface area contributed by atoms with Gasteiger partial charge in [-0.25, -0.2) is 4.39 Å². The molecular weight excluding hydrogens is 207 g/mol. The van der Waals surface area contributed by atoms with E-state index in [2.05, 4.69) is 10.6 Å². The van der Waals surface area contributed by atoms with E-state index in [1.165, 1.54) is 12.1 Å². The quantitative estimate of drug-likeness (QED) is 0.726. The summed E-state index contributed by atoms with van der Waals surface area (Å²) in [4.78, 5) is 0. The van der Waals surface area contributed by atoms with Gasteiger partial charge >= 0.3 is 0 Å². The van der Waals surface area contributed by atoms with Crippen molar-refractivity contribution in [2.75, 3.05) is 25.0 Å². The number of aliphatic hydroxyl groups excluding tert-OH is 1. The zero-order valence-corrected chi connectivity index (χ0v) is 9.17. The van der Waals surface area contributed by atoms with Gasteiger partial charge in [-0.1, -0.05) is 6.07 Å². The van der Waals surface area contributed by atoms with Gasteiger partial charge in [-0.15, -0.1) is 0 Å². The van der Waals surface area contributed by atoms with Crippen LogP contribution < -0.4 is 10.6 Å². The Morgan fingerprint density at radius 3 is 2.75 bits per heavy atom. The molecule has 0 radical (unpaired) electrons. The van der Waals surface area contributed by atoms with E-state index in [-0.39, 0.29) is 18.0 Å². The molecule has 1 heterocycles. The van der Waals surface area contributed by atoms with Gasteiger partial charge in [0.1, 0.15) is 5.82 Å². The molecule has 1 aromatic carbocycles. The minimum atomic E-state index is -0.307. The molecule has 1 aliphatic rings. The molecular formula is C12H17FN2O. The fourth-order valence-corrected chi connectivity index (χ4v) is 2.10. The number of aliphatic hydroxyl groups is 1. The van der Waals surface area contributed by atoms with Crippen LogP contribution in [-0.2, 0) is 0 Å². The molecule has 0 spiro atoms. The van der Waals surface area contributed by atoms with Gasteiger partial charge in [0, 0.05) is 5.69 Å². The lowest BCUT2D eigenvalue weighted by atomic mass is 9.89. The third-order valence-corrected chi connectivity index (χ3v) is 3.10. The van der Waals surface area contributed by atoms with Crippen LogP contribution in [0, 0.1) is 5.82 Å². The smallest absolute Gasteiger partial charge is 0.125 e. The average molecular weight is 224 g/mol. The summed E-state index contributed by atoms with van der Waals surface area (Å²) in [5.74, 6) is -0.257. The molecule has 1 fully saturated rings. The van der Waals surface area contributed by atoms with Gasteiger partial charge in [0.2, 0.25) is 0 Å². The summed E-state index contributed by atoms with van der Waals surface area (Å²) in [6.45, 7) is 1.83. The van der Waals surface area contributed by atoms with Crippen LogP contribution in [0.15, 0.2) is 24.3 Å². The van der Waals surface area contributed by atoms with Crippen molar-refractivity contribution in [2.24, 2.45) is 0 Å². The maximum Gasteiger partial charge on any atom is 0.125 e. The van der Waals surface area contributed by atoms with Crippen LogP contribution in [0.25, 0.3) is 0 Å². The molecule has 0 bridgehead atoms. The van der Waals surface area contributed by atoms with Crippen LogP contribution in [0.2, 0.25) is 0 Å². The van der Waals surface area contributed by atoms with Crippen molar-refractivity contribution in [1.29, 1.82) is 0 Å².